The summed E-state index contributed by atoms with van der Waals surface area (Å²) in [5.74, 6) is 1.45. The zero-order valence-corrected chi connectivity index (χ0v) is 19.6. The SMILES string of the molecule is CCN1C(=O)/C(=C/c2cc(Cl)ccc2OCCCOc2ccc(C)c(C)c2)SC1=S. The highest BCUT2D eigenvalue weighted by Gasteiger charge is 2.30. The van der Waals surface area contributed by atoms with E-state index < -0.39 is 0 Å². The second-order valence-electron chi connectivity index (χ2n) is 6.90. The lowest BCUT2D eigenvalue weighted by Crippen LogP contribution is -2.27. The molecule has 2 aromatic rings. The minimum atomic E-state index is -0.0831. The number of nitrogens with zero attached hydrogens (tertiary/aromatic N) is 1. The van der Waals surface area contributed by atoms with Gasteiger partial charge in [0.05, 0.1) is 18.1 Å². The van der Waals surface area contributed by atoms with Crippen molar-refractivity contribution in [2.75, 3.05) is 19.8 Å². The van der Waals surface area contributed by atoms with Gasteiger partial charge in [-0.05, 0) is 68.3 Å². The maximum absolute atomic E-state index is 12.5. The van der Waals surface area contributed by atoms with Crippen molar-refractivity contribution >= 4 is 51.9 Å². The van der Waals surface area contributed by atoms with Crippen molar-refractivity contribution in [2.45, 2.75) is 27.2 Å². The summed E-state index contributed by atoms with van der Waals surface area (Å²) >= 11 is 12.7. The summed E-state index contributed by atoms with van der Waals surface area (Å²) in [5, 5.41) is 0.581. The molecule has 0 aliphatic carbocycles. The number of ether oxygens (including phenoxy) is 2. The fraction of sp³-hybridized carbons (Fsp3) is 0.304. The third kappa shape index (κ3) is 5.56. The lowest BCUT2D eigenvalue weighted by Gasteiger charge is -2.12. The number of carbonyl (C=O) groups is 1. The Balaban J connectivity index is 1.60. The first kappa shape index (κ1) is 22.7. The van der Waals surface area contributed by atoms with Gasteiger partial charge in [-0.25, -0.2) is 0 Å². The Morgan fingerprint density at radius 3 is 2.57 bits per heavy atom. The standard InChI is InChI=1S/C23H24ClNO3S2/c1-4-25-22(26)21(30-23(25)29)14-17-13-18(24)7-9-20(17)28-11-5-10-27-19-8-6-15(2)16(3)12-19/h6-9,12-14H,4-5,10-11H2,1-3H3/b21-14-. The highest BCUT2D eigenvalue weighted by Crippen LogP contribution is 2.34. The summed E-state index contributed by atoms with van der Waals surface area (Å²) in [4.78, 5) is 14.6. The Bertz CT molecular complexity index is 990. The number of hydrogen-bond donors (Lipinski definition) is 0. The van der Waals surface area contributed by atoms with Crippen LogP contribution in [0.4, 0.5) is 0 Å². The van der Waals surface area contributed by atoms with Crippen LogP contribution in [0.15, 0.2) is 41.3 Å². The summed E-state index contributed by atoms with van der Waals surface area (Å²) < 4.78 is 12.3. The number of benzene rings is 2. The van der Waals surface area contributed by atoms with Crippen LogP contribution in [-0.4, -0.2) is 34.9 Å². The molecule has 1 amide bonds. The predicted molar refractivity (Wildman–Crippen MR) is 129 cm³/mol. The van der Waals surface area contributed by atoms with E-state index in [9.17, 15) is 4.79 Å². The minimum Gasteiger partial charge on any atom is -0.493 e. The maximum Gasteiger partial charge on any atom is 0.266 e. The van der Waals surface area contributed by atoms with Crippen molar-refractivity contribution in [3.63, 3.8) is 0 Å². The smallest absolute Gasteiger partial charge is 0.266 e. The monoisotopic (exact) mass is 461 g/mol. The van der Waals surface area contributed by atoms with Crippen LogP contribution in [0.2, 0.25) is 5.02 Å². The van der Waals surface area contributed by atoms with E-state index in [1.807, 2.05) is 25.1 Å². The average molecular weight is 462 g/mol. The van der Waals surface area contributed by atoms with Crippen molar-refractivity contribution in [2.24, 2.45) is 0 Å². The number of aryl methyl sites for hydroxylation is 2. The van der Waals surface area contributed by atoms with Gasteiger partial charge in [0.15, 0.2) is 0 Å². The summed E-state index contributed by atoms with van der Waals surface area (Å²) in [6.45, 7) is 7.66. The Hall–Kier alpha value is -2.02. The molecule has 1 heterocycles. The third-order valence-electron chi connectivity index (χ3n) is 4.74. The number of thioether (sulfide) groups is 1. The molecule has 0 bridgehead atoms. The second kappa shape index (κ2) is 10.3. The molecule has 0 radical (unpaired) electrons. The molecule has 30 heavy (non-hydrogen) atoms. The normalized spacial score (nSPS) is 15.2. The van der Waals surface area contributed by atoms with E-state index in [2.05, 4.69) is 19.9 Å². The van der Waals surface area contributed by atoms with Crippen molar-refractivity contribution < 1.29 is 14.3 Å². The first-order chi connectivity index (χ1) is 14.4. The van der Waals surface area contributed by atoms with E-state index in [0.29, 0.717) is 39.8 Å². The van der Waals surface area contributed by atoms with Gasteiger partial charge in [-0.2, -0.15) is 0 Å². The van der Waals surface area contributed by atoms with E-state index in [-0.39, 0.29) is 5.91 Å². The van der Waals surface area contributed by atoms with E-state index in [0.717, 1.165) is 17.7 Å². The Kier molecular flexibility index (Phi) is 7.81. The van der Waals surface area contributed by atoms with Gasteiger partial charge in [0, 0.05) is 23.6 Å². The van der Waals surface area contributed by atoms with Gasteiger partial charge in [0.1, 0.15) is 15.8 Å². The highest BCUT2D eigenvalue weighted by molar-refractivity contribution is 8.26. The molecule has 0 N–H and O–H groups in total. The van der Waals surface area contributed by atoms with E-state index in [4.69, 9.17) is 33.3 Å². The van der Waals surface area contributed by atoms with Crippen LogP contribution in [0, 0.1) is 13.8 Å². The van der Waals surface area contributed by atoms with Gasteiger partial charge in [-0.3, -0.25) is 9.69 Å². The van der Waals surface area contributed by atoms with Crippen LogP contribution in [-0.2, 0) is 4.79 Å². The molecule has 158 valence electrons. The molecule has 0 saturated carbocycles. The topological polar surface area (TPSA) is 38.8 Å². The van der Waals surface area contributed by atoms with Gasteiger partial charge in [0.2, 0.25) is 0 Å². The number of amides is 1. The Morgan fingerprint density at radius 2 is 1.87 bits per heavy atom. The summed E-state index contributed by atoms with van der Waals surface area (Å²) in [6.07, 6.45) is 2.52. The number of halogens is 1. The van der Waals surface area contributed by atoms with E-state index in [1.54, 1.807) is 23.1 Å². The summed E-state index contributed by atoms with van der Waals surface area (Å²) in [7, 11) is 0. The maximum atomic E-state index is 12.5. The average Bonchev–Trinajstić information content (AvgIpc) is 2.98. The molecule has 0 aromatic heterocycles. The number of carbonyl (C=O) groups excluding carboxylic acids is 1. The molecule has 0 atom stereocenters. The molecule has 0 spiro atoms. The highest BCUT2D eigenvalue weighted by atomic mass is 35.5. The quantitative estimate of drug-likeness (QED) is 0.273. The van der Waals surface area contributed by atoms with E-state index >= 15 is 0 Å². The van der Waals surface area contributed by atoms with Crippen molar-refractivity contribution in [1.29, 1.82) is 0 Å². The third-order valence-corrected chi connectivity index (χ3v) is 6.35. The van der Waals surface area contributed by atoms with Gasteiger partial charge < -0.3 is 9.47 Å². The molecule has 3 rings (SSSR count). The van der Waals surface area contributed by atoms with Crippen LogP contribution >= 0.6 is 35.6 Å². The molecule has 2 aromatic carbocycles. The van der Waals surface area contributed by atoms with Gasteiger partial charge in [-0.1, -0.05) is 41.6 Å². The Labute approximate surface area is 192 Å². The number of rotatable bonds is 8. The Morgan fingerprint density at radius 1 is 1.10 bits per heavy atom. The fourth-order valence-corrected chi connectivity index (χ4v) is 4.47. The van der Waals surface area contributed by atoms with Crippen LogP contribution in [0.1, 0.15) is 30.0 Å². The first-order valence-electron chi connectivity index (χ1n) is 9.77. The number of likely N-dealkylation sites (N-methyl/N-ethyl adjacent to an activating group) is 1. The van der Waals surface area contributed by atoms with Crippen molar-refractivity contribution in [1.82, 2.24) is 4.90 Å². The molecular weight excluding hydrogens is 438 g/mol. The molecular formula is C23H24ClNO3S2. The van der Waals surface area contributed by atoms with Crippen LogP contribution < -0.4 is 9.47 Å². The largest absolute Gasteiger partial charge is 0.493 e. The molecule has 7 heteroatoms. The molecule has 1 saturated heterocycles. The van der Waals surface area contributed by atoms with Gasteiger partial charge in [-0.15, -0.1) is 0 Å². The molecule has 4 nitrogen and oxygen atoms in total. The van der Waals surface area contributed by atoms with Gasteiger partial charge in [0.25, 0.3) is 5.91 Å². The molecule has 1 fully saturated rings. The van der Waals surface area contributed by atoms with Crippen LogP contribution in [0.25, 0.3) is 6.08 Å². The van der Waals surface area contributed by atoms with E-state index in [1.165, 1.54) is 22.9 Å². The molecule has 0 unspecified atom stereocenters. The van der Waals surface area contributed by atoms with Crippen molar-refractivity contribution in [3.05, 3.63) is 63.0 Å². The minimum absolute atomic E-state index is 0.0831. The predicted octanol–water partition coefficient (Wildman–Crippen LogP) is 6.03. The molecule has 1 aliphatic heterocycles. The number of hydrogen-bond acceptors (Lipinski definition) is 5. The number of thiocarbonyl (C=S) groups is 1. The summed E-state index contributed by atoms with van der Waals surface area (Å²) in [6, 6.07) is 11.5. The van der Waals surface area contributed by atoms with Crippen molar-refractivity contribution in [3.8, 4) is 11.5 Å². The fourth-order valence-electron chi connectivity index (χ4n) is 2.91. The second-order valence-corrected chi connectivity index (χ2v) is 9.02. The zero-order chi connectivity index (χ0) is 21.7. The lowest BCUT2D eigenvalue weighted by atomic mass is 10.1. The molecule has 1 aliphatic rings. The zero-order valence-electron chi connectivity index (χ0n) is 17.2. The van der Waals surface area contributed by atoms with Gasteiger partial charge >= 0.3 is 0 Å². The van der Waals surface area contributed by atoms with Crippen LogP contribution in [0.5, 0.6) is 11.5 Å². The first-order valence-corrected chi connectivity index (χ1v) is 11.4. The lowest BCUT2D eigenvalue weighted by molar-refractivity contribution is -0.121. The summed E-state index contributed by atoms with van der Waals surface area (Å²) in [5.41, 5.74) is 3.22. The van der Waals surface area contributed by atoms with Crippen LogP contribution in [0.3, 0.4) is 0 Å².